The summed E-state index contributed by atoms with van der Waals surface area (Å²) in [4.78, 5) is 19.3. The number of nitrogens with zero attached hydrogens (tertiary/aromatic N) is 3. The van der Waals surface area contributed by atoms with Crippen LogP contribution in [0.5, 0.6) is 0 Å². The van der Waals surface area contributed by atoms with Crippen LogP contribution in [-0.2, 0) is 16.6 Å². The van der Waals surface area contributed by atoms with Crippen LogP contribution in [0.4, 0.5) is 5.82 Å². The van der Waals surface area contributed by atoms with E-state index in [-0.39, 0.29) is 16.4 Å². The van der Waals surface area contributed by atoms with Gasteiger partial charge in [-0.25, -0.2) is 13.4 Å². The molecule has 0 aromatic carbocycles. The Morgan fingerprint density at radius 2 is 1.83 bits per heavy atom. The van der Waals surface area contributed by atoms with Crippen molar-refractivity contribution in [3.63, 3.8) is 0 Å². The topological polar surface area (TPSA) is 95.7 Å². The lowest BCUT2D eigenvalue weighted by atomic mass is 10.2. The molecule has 0 unspecified atom stereocenters. The monoisotopic (exact) mass is 418 g/mol. The van der Waals surface area contributed by atoms with Crippen LogP contribution in [0.3, 0.4) is 0 Å². The quantitative estimate of drug-likeness (QED) is 0.773. The van der Waals surface area contributed by atoms with Gasteiger partial charge in [-0.15, -0.1) is 0 Å². The fraction of sp³-hybridized carbons (Fsp3) is 0.500. The summed E-state index contributed by atoms with van der Waals surface area (Å²) in [5.74, 6) is 0.746. The maximum absolute atomic E-state index is 12.7. The molecule has 2 aromatic rings. The average Bonchev–Trinajstić information content (AvgIpc) is 3.48. The number of carbonyl (C=O) groups excluding carboxylic acids is 1. The van der Waals surface area contributed by atoms with E-state index in [1.165, 1.54) is 23.2 Å². The standard InChI is InChI=1S/C20H26N4O4S/c1-15-18(29(26,27)24-10-4-5-11-24)12-17(28-15)20(25)22-14-16-6-7-19(21-13-16)23-8-2-3-9-23/h6-7,12-13H,2-5,8-11,14H2,1H3,(H,22,25). The lowest BCUT2D eigenvalue weighted by Crippen LogP contribution is -2.28. The number of anilines is 1. The zero-order valence-electron chi connectivity index (χ0n) is 16.6. The van der Waals surface area contributed by atoms with Crippen molar-refractivity contribution in [2.45, 2.75) is 44.0 Å². The van der Waals surface area contributed by atoms with E-state index >= 15 is 0 Å². The first kappa shape index (κ1) is 19.9. The van der Waals surface area contributed by atoms with Gasteiger partial charge in [-0.05, 0) is 44.2 Å². The van der Waals surface area contributed by atoms with Crippen molar-refractivity contribution >= 4 is 21.7 Å². The largest absolute Gasteiger partial charge is 0.455 e. The first-order chi connectivity index (χ1) is 13.9. The summed E-state index contributed by atoms with van der Waals surface area (Å²) in [6, 6.07) is 5.23. The smallest absolute Gasteiger partial charge is 0.287 e. The molecule has 4 heterocycles. The van der Waals surface area contributed by atoms with Gasteiger partial charge in [-0.2, -0.15) is 4.31 Å². The molecule has 2 aliphatic heterocycles. The summed E-state index contributed by atoms with van der Waals surface area (Å²) < 4.78 is 32.4. The van der Waals surface area contributed by atoms with Crippen LogP contribution < -0.4 is 10.2 Å². The predicted octanol–water partition coefficient (Wildman–Crippen LogP) is 2.30. The highest BCUT2D eigenvalue weighted by Crippen LogP contribution is 2.26. The van der Waals surface area contributed by atoms with Gasteiger partial charge in [0, 0.05) is 45.0 Å². The third kappa shape index (κ3) is 4.16. The third-order valence-corrected chi connectivity index (χ3v) is 7.48. The Kier molecular flexibility index (Phi) is 5.60. The van der Waals surface area contributed by atoms with E-state index in [1.54, 1.807) is 13.1 Å². The van der Waals surface area contributed by atoms with Gasteiger partial charge in [-0.3, -0.25) is 4.79 Å². The predicted molar refractivity (Wildman–Crippen MR) is 108 cm³/mol. The number of pyridine rings is 1. The molecule has 2 saturated heterocycles. The molecule has 2 aliphatic rings. The highest BCUT2D eigenvalue weighted by molar-refractivity contribution is 7.89. The summed E-state index contributed by atoms with van der Waals surface area (Å²) in [7, 11) is -3.62. The number of aryl methyl sites for hydroxylation is 1. The van der Waals surface area contributed by atoms with Gasteiger partial charge < -0.3 is 14.6 Å². The van der Waals surface area contributed by atoms with E-state index in [0.29, 0.717) is 19.6 Å². The number of carbonyl (C=O) groups is 1. The SMILES string of the molecule is Cc1oc(C(=O)NCc2ccc(N3CCCC3)nc2)cc1S(=O)(=O)N1CCCC1. The maximum atomic E-state index is 12.7. The summed E-state index contributed by atoms with van der Waals surface area (Å²) in [6.45, 7) is 4.94. The van der Waals surface area contributed by atoms with Gasteiger partial charge in [-0.1, -0.05) is 6.07 Å². The zero-order chi connectivity index (χ0) is 20.4. The van der Waals surface area contributed by atoms with Gasteiger partial charge in [0.2, 0.25) is 10.0 Å². The molecule has 0 atom stereocenters. The molecule has 0 saturated carbocycles. The van der Waals surface area contributed by atoms with E-state index in [0.717, 1.165) is 37.3 Å². The number of furan rings is 1. The second-order valence-electron chi connectivity index (χ2n) is 7.54. The van der Waals surface area contributed by atoms with Crippen LogP contribution in [0, 0.1) is 6.92 Å². The van der Waals surface area contributed by atoms with Crippen LogP contribution in [0.25, 0.3) is 0 Å². The van der Waals surface area contributed by atoms with Crippen molar-refractivity contribution in [1.82, 2.24) is 14.6 Å². The molecular weight excluding hydrogens is 392 g/mol. The number of rotatable bonds is 6. The Bertz CT molecular complexity index is 972. The summed E-state index contributed by atoms with van der Waals surface area (Å²) in [5.41, 5.74) is 0.870. The molecule has 0 bridgehead atoms. The van der Waals surface area contributed by atoms with Crippen molar-refractivity contribution in [2.75, 3.05) is 31.1 Å². The van der Waals surface area contributed by atoms with Crippen molar-refractivity contribution in [1.29, 1.82) is 0 Å². The lowest BCUT2D eigenvalue weighted by Gasteiger charge is -2.16. The molecule has 2 fully saturated rings. The number of aromatic nitrogens is 1. The first-order valence-corrected chi connectivity index (χ1v) is 11.5. The van der Waals surface area contributed by atoms with Crippen molar-refractivity contribution in [3.05, 3.63) is 41.5 Å². The van der Waals surface area contributed by atoms with Gasteiger partial charge in [0.25, 0.3) is 5.91 Å². The van der Waals surface area contributed by atoms with Crippen molar-refractivity contribution in [2.24, 2.45) is 0 Å². The van der Waals surface area contributed by atoms with E-state index in [2.05, 4.69) is 15.2 Å². The number of nitrogens with one attached hydrogen (secondary N) is 1. The summed E-state index contributed by atoms with van der Waals surface area (Å²) >= 11 is 0. The molecule has 29 heavy (non-hydrogen) atoms. The van der Waals surface area contributed by atoms with E-state index in [4.69, 9.17) is 4.42 Å². The highest BCUT2D eigenvalue weighted by Gasteiger charge is 2.31. The Labute approximate surface area is 170 Å². The molecule has 0 aliphatic carbocycles. The highest BCUT2D eigenvalue weighted by atomic mass is 32.2. The third-order valence-electron chi connectivity index (χ3n) is 5.47. The van der Waals surface area contributed by atoms with Gasteiger partial charge >= 0.3 is 0 Å². The Balaban J connectivity index is 1.40. The number of hydrogen-bond acceptors (Lipinski definition) is 6. The Morgan fingerprint density at radius 3 is 2.48 bits per heavy atom. The van der Waals surface area contributed by atoms with Crippen molar-refractivity contribution < 1.29 is 17.6 Å². The molecule has 2 aromatic heterocycles. The number of sulfonamides is 1. The molecule has 9 heteroatoms. The van der Waals surface area contributed by atoms with Gasteiger partial charge in [0.15, 0.2) is 5.76 Å². The van der Waals surface area contributed by atoms with E-state index in [1.807, 2.05) is 12.1 Å². The lowest BCUT2D eigenvalue weighted by molar-refractivity contribution is 0.0922. The number of amides is 1. The molecule has 156 valence electrons. The van der Waals surface area contributed by atoms with Crippen LogP contribution in [0.15, 0.2) is 33.7 Å². The van der Waals surface area contributed by atoms with E-state index in [9.17, 15) is 13.2 Å². The van der Waals surface area contributed by atoms with Crippen molar-refractivity contribution in [3.8, 4) is 0 Å². The zero-order valence-corrected chi connectivity index (χ0v) is 17.4. The van der Waals surface area contributed by atoms with Gasteiger partial charge in [0.1, 0.15) is 16.5 Å². The van der Waals surface area contributed by atoms with E-state index < -0.39 is 15.9 Å². The Morgan fingerprint density at radius 1 is 1.14 bits per heavy atom. The molecule has 0 spiro atoms. The second-order valence-corrected chi connectivity index (χ2v) is 9.45. The summed E-state index contributed by atoms with van der Waals surface area (Å²) in [6.07, 6.45) is 5.85. The van der Waals surface area contributed by atoms with Crippen LogP contribution in [0.1, 0.15) is 47.6 Å². The molecule has 8 nitrogen and oxygen atoms in total. The minimum atomic E-state index is -3.62. The molecule has 0 radical (unpaired) electrons. The molecule has 1 amide bonds. The number of hydrogen-bond donors (Lipinski definition) is 1. The average molecular weight is 419 g/mol. The molecular formula is C20H26N4O4S. The van der Waals surface area contributed by atoms with Gasteiger partial charge in [0.05, 0.1) is 0 Å². The second kappa shape index (κ2) is 8.16. The summed E-state index contributed by atoms with van der Waals surface area (Å²) in [5, 5.41) is 2.77. The fourth-order valence-electron chi connectivity index (χ4n) is 3.82. The molecule has 1 N–H and O–H groups in total. The fourth-order valence-corrected chi connectivity index (χ4v) is 5.50. The minimum absolute atomic E-state index is 0.00178. The van der Waals surface area contributed by atoms with Crippen LogP contribution in [0.2, 0.25) is 0 Å². The Hall–Kier alpha value is -2.39. The van der Waals surface area contributed by atoms with Crippen LogP contribution in [-0.4, -0.2) is 49.8 Å². The maximum Gasteiger partial charge on any atom is 0.287 e. The normalized spacial score (nSPS) is 17.8. The minimum Gasteiger partial charge on any atom is -0.455 e. The first-order valence-electron chi connectivity index (χ1n) is 10.0. The van der Waals surface area contributed by atoms with Crippen LogP contribution >= 0.6 is 0 Å². The molecule has 4 rings (SSSR count).